The number of hydrogen-bond donors (Lipinski definition) is 3. The van der Waals surface area contributed by atoms with Gasteiger partial charge in [-0.3, -0.25) is 10.1 Å². The van der Waals surface area contributed by atoms with Gasteiger partial charge in [0.25, 0.3) is 0 Å². The number of methoxy groups -OCH3 is 1. The molecule has 1 fully saturated rings. The van der Waals surface area contributed by atoms with E-state index in [0.29, 0.717) is 37.9 Å². The number of hydrogen-bond acceptors (Lipinski definition) is 10. The van der Waals surface area contributed by atoms with Gasteiger partial charge in [0.1, 0.15) is 23.3 Å². The zero-order valence-electron chi connectivity index (χ0n) is 31.5. The minimum absolute atomic E-state index is 0.0251. The van der Waals surface area contributed by atoms with Gasteiger partial charge in [-0.25, -0.2) is 22.8 Å². The van der Waals surface area contributed by atoms with Gasteiger partial charge in [0.05, 0.1) is 12.0 Å². The number of ether oxygens (including phenoxy) is 3. The lowest BCUT2D eigenvalue weighted by Crippen LogP contribution is -2.57. The molecular weight excluding hydrogens is 692 g/mol. The molecule has 1 aromatic carbocycles. The molecule has 0 radical (unpaired) electrons. The van der Waals surface area contributed by atoms with E-state index >= 15 is 0 Å². The molecule has 3 heterocycles. The van der Waals surface area contributed by atoms with Crippen molar-refractivity contribution in [1.82, 2.24) is 25.2 Å². The molecule has 0 aliphatic carbocycles. The van der Waals surface area contributed by atoms with E-state index in [2.05, 4.69) is 20.3 Å². The first-order valence-electron chi connectivity index (χ1n) is 17.7. The number of amides is 3. The average molecular weight is 747 g/mol. The highest BCUT2D eigenvalue weighted by Gasteiger charge is 2.40. The Morgan fingerprint density at radius 2 is 1.75 bits per heavy atom. The van der Waals surface area contributed by atoms with Crippen LogP contribution in [0.3, 0.4) is 0 Å². The molecule has 0 unspecified atom stereocenters. The van der Waals surface area contributed by atoms with Crippen LogP contribution in [0.4, 0.5) is 9.59 Å². The number of nitrogens with zero attached hydrogens (tertiary/aromatic N) is 3. The van der Waals surface area contributed by atoms with Crippen LogP contribution in [0.2, 0.25) is 0 Å². The van der Waals surface area contributed by atoms with Crippen LogP contribution in [0.1, 0.15) is 85.3 Å². The Balaban J connectivity index is 1.65. The van der Waals surface area contributed by atoms with Crippen LogP contribution in [-0.4, -0.2) is 105 Å². The molecule has 288 valence electrons. The van der Waals surface area contributed by atoms with E-state index in [4.69, 9.17) is 14.2 Å². The number of carbonyl (C=O) groups excluding carboxylic acids is 4. The predicted molar refractivity (Wildman–Crippen MR) is 194 cm³/mol. The molecule has 3 aliphatic rings. The summed E-state index contributed by atoms with van der Waals surface area (Å²) in [6.07, 6.45) is 2.29. The van der Waals surface area contributed by atoms with Gasteiger partial charge in [0.15, 0.2) is 0 Å². The number of benzene rings is 1. The predicted octanol–water partition coefficient (Wildman–Crippen LogP) is 3.62. The fourth-order valence-electron chi connectivity index (χ4n) is 6.37. The molecule has 0 saturated carbocycles. The maximum atomic E-state index is 14.4. The zero-order valence-corrected chi connectivity index (χ0v) is 32.4. The van der Waals surface area contributed by atoms with Gasteiger partial charge >= 0.3 is 18.2 Å². The van der Waals surface area contributed by atoms with Gasteiger partial charge in [-0.15, -0.1) is 4.99 Å². The molecule has 0 bridgehead atoms. The number of likely N-dealkylation sites (tertiary alicyclic amines) is 1. The van der Waals surface area contributed by atoms with E-state index in [1.165, 1.54) is 18.1 Å². The first-order chi connectivity index (χ1) is 24.2. The van der Waals surface area contributed by atoms with Crippen molar-refractivity contribution >= 4 is 40.0 Å². The van der Waals surface area contributed by atoms with Crippen molar-refractivity contribution in [2.45, 2.75) is 115 Å². The van der Waals surface area contributed by atoms with Gasteiger partial charge in [-0.2, -0.15) is 4.72 Å². The quantitative estimate of drug-likeness (QED) is 0.122. The van der Waals surface area contributed by atoms with E-state index in [0.717, 1.165) is 24.1 Å². The third kappa shape index (κ3) is 11.5. The smallest absolute Gasteiger partial charge is 0.437 e. The summed E-state index contributed by atoms with van der Waals surface area (Å²) in [6, 6.07) is 2.79. The molecule has 3 N–H and O–H groups in total. The van der Waals surface area contributed by atoms with Crippen molar-refractivity contribution in [2.75, 3.05) is 33.3 Å². The van der Waals surface area contributed by atoms with Crippen molar-refractivity contribution in [1.29, 1.82) is 0 Å². The Hall–Kier alpha value is -4.02. The van der Waals surface area contributed by atoms with Crippen LogP contribution in [-0.2, 0) is 46.8 Å². The number of alkyl carbamates (subject to hydrolysis) is 1. The Bertz CT molecular complexity index is 1680. The van der Waals surface area contributed by atoms with Crippen molar-refractivity contribution in [3.8, 4) is 0 Å². The topological polar surface area (TPSA) is 185 Å². The molecule has 4 rings (SSSR count). The molecule has 1 saturated heterocycles. The van der Waals surface area contributed by atoms with Crippen molar-refractivity contribution in [3.05, 3.63) is 41.0 Å². The lowest BCUT2D eigenvalue weighted by Gasteiger charge is -2.39. The number of esters is 1. The SMILES string of the molecule is COC(=O)[C@H]1C[C@@H](C)CCN1C(=O)[C@H](CC1=CCCN(C(=NC(=O)OC(C)(C)C)NC(=O)OC(C)(C)C)C1)NS(=O)(=O)c1ccc2c(c1)CNCC2. The summed E-state index contributed by atoms with van der Waals surface area (Å²) < 4.78 is 46.4. The van der Waals surface area contributed by atoms with Crippen molar-refractivity contribution in [3.63, 3.8) is 0 Å². The molecule has 3 aliphatic heterocycles. The number of nitrogens with one attached hydrogen (secondary N) is 3. The third-order valence-corrected chi connectivity index (χ3v) is 10.3. The Labute approximate surface area is 306 Å². The maximum Gasteiger partial charge on any atom is 0.437 e. The van der Waals surface area contributed by atoms with Crippen LogP contribution >= 0.6 is 0 Å². The van der Waals surface area contributed by atoms with Crippen molar-refractivity contribution < 1.29 is 41.8 Å². The van der Waals surface area contributed by atoms with Crippen LogP contribution < -0.4 is 15.4 Å². The summed E-state index contributed by atoms with van der Waals surface area (Å²) in [4.78, 5) is 60.1. The first kappa shape index (κ1) is 40.7. The van der Waals surface area contributed by atoms with Crippen molar-refractivity contribution in [2.24, 2.45) is 10.9 Å². The van der Waals surface area contributed by atoms with Crippen LogP contribution in [0.15, 0.2) is 39.7 Å². The van der Waals surface area contributed by atoms with Gasteiger partial charge < -0.3 is 29.3 Å². The average Bonchev–Trinajstić information content (AvgIpc) is 3.05. The first-order valence-corrected chi connectivity index (χ1v) is 19.2. The molecule has 3 atom stereocenters. The Morgan fingerprint density at radius 3 is 2.42 bits per heavy atom. The summed E-state index contributed by atoms with van der Waals surface area (Å²) >= 11 is 0. The summed E-state index contributed by atoms with van der Waals surface area (Å²) in [5.74, 6) is -1.08. The molecule has 0 aromatic heterocycles. The van der Waals surface area contributed by atoms with E-state index in [1.807, 2.05) is 13.0 Å². The molecule has 1 aromatic rings. The number of carbonyl (C=O) groups is 4. The largest absolute Gasteiger partial charge is 0.467 e. The number of piperidine rings is 1. The fraction of sp³-hybridized carbons (Fsp3) is 0.639. The second-order valence-corrected chi connectivity index (χ2v) is 17.3. The van der Waals surface area contributed by atoms with Crippen LogP contribution in [0.25, 0.3) is 0 Å². The van der Waals surface area contributed by atoms with Crippen LogP contribution in [0.5, 0.6) is 0 Å². The third-order valence-electron chi connectivity index (χ3n) is 8.79. The number of fused-ring (bicyclic) bond motifs is 1. The number of guanidine groups is 1. The second-order valence-electron chi connectivity index (χ2n) is 15.6. The maximum absolute atomic E-state index is 14.4. The number of rotatable bonds is 7. The highest BCUT2D eigenvalue weighted by Crippen LogP contribution is 2.27. The molecule has 16 heteroatoms. The lowest BCUT2D eigenvalue weighted by atomic mass is 9.91. The van der Waals surface area contributed by atoms with Gasteiger partial charge in [0, 0.05) is 26.2 Å². The lowest BCUT2D eigenvalue weighted by molar-refractivity contribution is -0.156. The fourth-order valence-corrected chi connectivity index (χ4v) is 7.61. The minimum Gasteiger partial charge on any atom is -0.467 e. The summed E-state index contributed by atoms with van der Waals surface area (Å²) in [5.41, 5.74) is 0.891. The van der Waals surface area contributed by atoms with Crippen LogP contribution in [0, 0.1) is 5.92 Å². The Morgan fingerprint density at radius 1 is 1.04 bits per heavy atom. The zero-order chi connectivity index (χ0) is 38.4. The van der Waals surface area contributed by atoms with Gasteiger partial charge in [-0.05, 0) is 109 Å². The molecule has 0 spiro atoms. The van der Waals surface area contributed by atoms with E-state index in [-0.39, 0.29) is 36.3 Å². The molecule has 3 amide bonds. The highest BCUT2D eigenvalue weighted by molar-refractivity contribution is 7.89. The minimum atomic E-state index is -4.22. The second kappa shape index (κ2) is 16.8. The Kier molecular flexibility index (Phi) is 13.1. The van der Waals surface area contributed by atoms with E-state index in [9.17, 15) is 27.6 Å². The molecular formula is C36H54N6O9S. The highest BCUT2D eigenvalue weighted by atomic mass is 32.2. The van der Waals surface area contributed by atoms with E-state index < -0.39 is 57.4 Å². The molecule has 52 heavy (non-hydrogen) atoms. The number of aliphatic imine (C=N–C) groups is 1. The monoisotopic (exact) mass is 746 g/mol. The van der Waals surface area contributed by atoms with Gasteiger partial charge in [-0.1, -0.05) is 24.6 Å². The molecule has 15 nitrogen and oxygen atoms in total. The summed E-state index contributed by atoms with van der Waals surface area (Å²) in [5, 5.41) is 5.82. The summed E-state index contributed by atoms with van der Waals surface area (Å²) in [6.45, 7) is 14.2. The normalized spacial score (nSPS) is 20.6. The van der Waals surface area contributed by atoms with Gasteiger partial charge in [0.2, 0.25) is 21.9 Å². The number of sulfonamides is 1. The summed E-state index contributed by atoms with van der Waals surface area (Å²) in [7, 11) is -2.96. The standard InChI is InChI=1S/C36H54N6O9S/c1-23-14-17-42(29(18-23)31(44)49-8)30(43)28(40-52(47,48)27-12-11-25-13-15-37-21-26(25)20-27)19-24-10-9-16-41(22-24)32(38-33(45)50-35(2,3)4)39-34(46)51-36(5,6)7/h10-12,20,23,28-29,37,40H,9,13-19,21-22H2,1-8H3,(H,38,39,45,46)/t23-,28-,29+/m0/s1. The van der Waals surface area contributed by atoms with E-state index in [1.54, 1.807) is 58.6 Å².